The Morgan fingerprint density at radius 1 is 0.966 bits per heavy atom. The van der Waals surface area contributed by atoms with E-state index < -0.39 is 0 Å². The molecule has 4 nitrogen and oxygen atoms in total. The van der Waals surface area contributed by atoms with E-state index in [9.17, 15) is 4.79 Å². The molecule has 0 N–H and O–H groups in total. The third-order valence-corrected chi connectivity index (χ3v) is 7.67. The first-order chi connectivity index (χ1) is 14.3. The minimum Gasteiger partial charge on any atom is -0.493 e. The number of carbonyl (C=O) groups is 1. The third kappa shape index (κ3) is 6.39. The van der Waals surface area contributed by atoms with Gasteiger partial charge in [0, 0.05) is 56.6 Å². The molecule has 3 aliphatic rings. The molecule has 0 radical (unpaired) electrons. The average Bonchev–Trinajstić information content (AvgIpc) is 3.27. The number of nitrogens with zero attached hydrogens (tertiary/aromatic N) is 2. The zero-order valence-electron chi connectivity index (χ0n) is 17.7. The van der Waals surface area contributed by atoms with E-state index in [1.165, 1.54) is 55.8 Å². The summed E-state index contributed by atoms with van der Waals surface area (Å²) < 4.78 is 6.10. The summed E-state index contributed by atoms with van der Waals surface area (Å²) in [6.07, 6.45) is 8.16. The van der Waals surface area contributed by atoms with Gasteiger partial charge in [0.15, 0.2) is 0 Å². The van der Waals surface area contributed by atoms with Crippen molar-refractivity contribution in [3.8, 4) is 5.75 Å². The Labute approximate surface area is 180 Å². The fourth-order valence-corrected chi connectivity index (χ4v) is 5.92. The van der Waals surface area contributed by atoms with Crippen LogP contribution in [-0.4, -0.2) is 60.0 Å². The lowest BCUT2D eigenvalue weighted by Gasteiger charge is -2.33. The van der Waals surface area contributed by atoms with Gasteiger partial charge in [0.05, 0.1) is 6.61 Å². The number of benzene rings is 1. The summed E-state index contributed by atoms with van der Waals surface area (Å²) in [6, 6.07) is 8.63. The summed E-state index contributed by atoms with van der Waals surface area (Å²) in [5.41, 5.74) is 1.37. The van der Waals surface area contributed by atoms with Crippen LogP contribution in [0, 0.1) is 11.8 Å². The summed E-state index contributed by atoms with van der Waals surface area (Å²) in [4.78, 5) is 17.3. The van der Waals surface area contributed by atoms with Gasteiger partial charge in [0.25, 0.3) is 0 Å². The Balaban J connectivity index is 1.20. The molecular formula is C24H36N2O2S. The quantitative estimate of drug-likeness (QED) is 0.658. The molecule has 5 heteroatoms. The minimum absolute atomic E-state index is 0.377. The second kappa shape index (κ2) is 10.7. The summed E-state index contributed by atoms with van der Waals surface area (Å²) >= 11 is 2.05. The molecule has 0 aromatic heterocycles. The number of rotatable bonds is 7. The van der Waals surface area contributed by atoms with Crippen molar-refractivity contribution in [3.63, 3.8) is 0 Å². The Hall–Kier alpha value is -1.20. The molecule has 0 spiro atoms. The first kappa shape index (κ1) is 21.0. The normalized spacial score (nSPS) is 24.0. The van der Waals surface area contributed by atoms with Gasteiger partial charge < -0.3 is 9.64 Å². The number of thioether (sulfide) groups is 1. The van der Waals surface area contributed by atoms with Crippen LogP contribution < -0.4 is 4.74 Å². The fourth-order valence-electron chi connectivity index (χ4n) is 4.94. The average molecular weight is 417 g/mol. The molecule has 4 rings (SSSR count). The SMILES string of the molecule is O=C(CC1CCCC1)N1CCCC(COc2ccc(CN3CCSCC3)cc2)C1. The second-order valence-corrected chi connectivity index (χ2v) is 10.3. The molecule has 1 saturated carbocycles. The van der Waals surface area contributed by atoms with Gasteiger partial charge in [-0.05, 0) is 49.3 Å². The molecule has 2 aliphatic heterocycles. The molecule has 29 heavy (non-hydrogen) atoms. The summed E-state index contributed by atoms with van der Waals surface area (Å²) in [5.74, 6) is 4.94. The molecular weight excluding hydrogens is 380 g/mol. The standard InChI is InChI=1S/C24H36N2O2S/c27-24(16-20-4-1-2-5-20)26-11-3-6-22(18-26)19-28-23-9-7-21(8-10-23)17-25-12-14-29-15-13-25/h7-10,20,22H,1-6,11-19H2. The van der Waals surface area contributed by atoms with Crippen molar-refractivity contribution in [3.05, 3.63) is 29.8 Å². The molecule has 1 unspecified atom stereocenters. The van der Waals surface area contributed by atoms with Crippen molar-refractivity contribution < 1.29 is 9.53 Å². The number of hydrogen-bond acceptors (Lipinski definition) is 4. The third-order valence-electron chi connectivity index (χ3n) is 6.73. The monoisotopic (exact) mass is 416 g/mol. The number of ether oxygens (including phenoxy) is 1. The van der Waals surface area contributed by atoms with E-state index in [0.717, 1.165) is 51.3 Å². The zero-order chi connectivity index (χ0) is 19.9. The van der Waals surface area contributed by atoms with Crippen LogP contribution in [0.3, 0.4) is 0 Å². The van der Waals surface area contributed by atoms with Crippen molar-refractivity contribution in [2.45, 2.75) is 51.5 Å². The summed E-state index contributed by atoms with van der Waals surface area (Å²) in [6.45, 7) is 5.96. The minimum atomic E-state index is 0.377. The van der Waals surface area contributed by atoms with E-state index in [0.29, 0.717) is 17.7 Å². The van der Waals surface area contributed by atoms with E-state index >= 15 is 0 Å². The maximum absolute atomic E-state index is 12.7. The van der Waals surface area contributed by atoms with Crippen LogP contribution in [0.1, 0.15) is 50.5 Å². The van der Waals surface area contributed by atoms with E-state index in [-0.39, 0.29) is 0 Å². The second-order valence-electron chi connectivity index (χ2n) is 9.05. The maximum atomic E-state index is 12.7. The Morgan fingerprint density at radius 3 is 2.45 bits per heavy atom. The van der Waals surface area contributed by atoms with Gasteiger partial charge >= 0.3 is 0 Å². The van der Waals surface area contributed by atoms with Gasteiger partial charge in [-0.2, -0.15) is 11.8 Å². The molecule has 3 fully saturated rings. The predicted octanol–water partition coefficient (Wildman–Crippen LogP) is 4.43. The molecule has 1 aromatic carbocycles. The molecule has 1 aromatic rings. The lowest BCUT2D eigenvalue weighted by Crippen LogP contribution is -2.42. The van der Waals surface area contributed by atoms with Crippen LogP contribution in [0.5, 0.6) is 5.75 Å². The highest BCUT2D eigenvalue weighted by molar-refractivity contribution is 7.99. The topological polar surface area (TPSA) is 32.8 Å². The van der Waals surface area contributed by atoms with Gasteiger partial charge in [0.1, 0.15) is 5.75 Å². The van der Waals surface area contributed by atoms with Crippen LogP contribution in [-0.2, 0) is 11.3 Å². The molecule has 2 heterocycles. The van der Waals surface area contributed by atoms with Crippen LogP contribution in [0.15, 0.2) is 24.3 Å². The van der Waals surface area contributed by atoms with E-state index in [2.05, 4.69) is 45.8 Å². The van der Waals surface area contributed by atoms with Crippen LogP contribution in [0.2, 0.25) is 0 Å². The van der Waals surface area contributed by atoms with Gasteiger partial charge in [-0.3, -0.25) is 9.69 Å². The molecule has 2 saturated heterocycles. The first-order valence-electron chi connectivity index (χ1n) is 11.6. The lowest BCUT2D eigenvalue weighted by atomic mass is 9.97. The molecule has 1 aliphatic carbocycles. The fraction of sp³-hybridized carbons (Fsp3) is 0.708. The molecule has 160 valence electrons. The van der Waals surface area contributed by atoms with Gasteiger partial charge in [-0.25, -0.2) is 0 Å². The first-order valence-corrected chi connectivity index (χ1v) is 12.7. The number of amides is 1. The molecule has 1 amide bonds. The van der Waals surface area contributed by atoms with E-state index in [4.69, 9.17) is 4.74 Å². The van der Waals surface area contributed by atoms with Crippen molar-refractivity contribution >= 4 is 17.7 Å². The van der Waals surface area contributed by atoms with Crippen LogP contribution in [0.25, 0.3) is 0 Å². The number of hydrogen-bond donors (Lipinski definition) is 0. The van der Waals surface area contributed by atoms with Crippen molar-refractivity contribution in [1.29, 1.82) is 0 Å². The Morgan fingerprint density at radius 2 is 1.69 bits per heavy atom. The molecule has 0 bridgehead atoms. The highest BCUT2D eigenvalue weighted by Gasteiger charge is 2.27. The Bertz CT molecular complexity index is 639. The molecule has 1 atom stereocenters. The zero-order valence-corrected chi connectivity index (χ0v) is 18.5. The van der Waals surface area contributed by atoms with Crippen molar-refractivity contribution in [1.82, 2.24) is 9.80 Å². The number of carbonyl (C=O) groups excluding carboxylic acids is 1. The Kier molecular flexibility index (Phi) is 7.78. The van der Waals surface area contributed by atoms with Crippen LogP contribution >= 0.6 is 11.8 Å². The summed E-state index contributed by atoms with van der Waals surface area (Å²) in [7, 11) is 0. The smallest absolute Gasteiger partial charge is 0.222 e. The number of piperidine rings is 1. The van der Waals surface area contributed by atoms with Gasteiger partial charge in [-0.1, -0.05) is 25.0 Å². The maximum Gasteiger partial charge on any atom is 0.222 e. The summed E-state index contributed by atoms with van der Waals surface area (Å²) in [5, 5.41) is 0. The van der Waals surface area contributed by atoms with Crippen molar-refractivity contribution in [2.75, 3.05) is 44.3 Å². The van der Waals surface area contributed by atoms with Gasteiger partial charge in [-0.15, -0.1) is 0 Å². The van der Waals surface area contributed by atoms with Crippen molar-refractivity contribution in [2.24, 2.45) is 11.8 Å². The van der Waals surface area contributed by atoms with E-state index in [1.807, 2.05) is 0 Å². The highest BCUT2D eigenvalue weighted by Crippen LogP contribution is 2.29. The predicted molar refractivity (Wildman–Crippen MR) is 120 cm³/mol. The highest BCUT2D eigenvalue weighted by atomic mass is 32.2. The van der Waals surface area contributed by atoms with E-state index in [1.54, 1.807) is 0 Å². The largest absolute Gasteiger partial charge is 0.493 e. The number of likely N-dealkylation sites (tertiary alicyclic amines) is 1. The van der Waals surface area contributed by atoms with Crippen LogP contribution in [0.4, 0.5) is 0 Å². The van der Waals surface area contributed by atoms with Gasteiger partial charge in [0.2, 0.25) is 5.91 Å². The lowest BCUT2D eigenvalue weighted by molar-refractivity contribution is -0.134.